The molecule has 0 fully saturated rings. The van der Waals surface area contributed by atoms with E-state index in [2.05, 4.69) is 40.6 Å². The van der Waals surface area contributed by atoms with E-state index in [-0.39, 0.29) is 5.92 Å². The quantitative estimate of drug-likeness (QED) is 0.851. The topological polar surface area (TPSA) is 33.1 Å². The van der Waals surface area contributed by atoms with Crippen molar-refractivity contribution >= 4 is 22.6 Å². The van der Waals surface area contributed by atoms with E-state index in [1.807, 2.05) is 31.2 Å². The number of pyridine rings is 1. The molecule has 18 heavy (non-hydrogen) atoms. The van der Waals surface area contributed by atoms with Crippen LogP contribution in [0.4, 0.5) is 0 Å². The molecule has 2 atom stereocenters. The lowest BCUT2D eigenvalue weighted by Crippen LogP contribution is -2.09. The summed E-state index contributed by atoms with van der Waals surface area (Å²) in [5.41, 5.74) is 3.31. The van der Waals surface area contributed by atoms with Gasteiger partial charge in [0, 0.05) is 21.9 Å². The maximum absolute atomic E-state index is 10.5. The molecule has 2 nitrogen and oxygen atoms in total. The van der Waals surface area contributed by atoms with Crippen LogP contribution in [0.3, 0.4) is 0 Å². The molecule has 1 heterocycles. The van der Waals surface area contributed by atoms with E-state index in [0.29, 0.717) is 0 Å². The standard InChI is InChI=1S/C15H16INO/c1-10-4-3-5-13(14(10)16)15(18)11(2)12-6-8-17-9-7-12/h3-9,11,15,18H,1-2H3. The number of nitrogens with zero attached hydrogens (tertiary/aromatic N) is 1. The normalized spacial score (nSPS) is 14.2. The van der Waals surface area contributed by atoms with Gasteiger partial charge in [-0.05, 0) is 58.3 Å². The highest BCUT2D eigenvalue weighted by molar-refractivity contribution is 14.1. The molecule has 0 saturated heterocycles. The molecule has 0 radical (unpaired) electrons. The molecule has 2 unspecified atom stereocenters. The minimum atomic E-state index is -0.487. The van der Waals surface area contributed by atoms with Crippen molar-refractivity contribution in [3.05, 3.63) is 63.0 Å². The van der Waals surface area contributed by atoms with E-state index in [0.717, 1.165) is 14.7 Å². The second kappa shape index (κ2) is 5.80. The molecule has 1 aromatic heterocycles. The molecule has 1 N–H and O–H groups in total. The molecule has 0 aliphatic carbocycles. The van der Waals surface area contributed by atoms with Gasteiger partial charge in [0.05, 0.1) is 6.10 Å². The van der Waals surface area contributed by atoms with Crippen LogP contribution in [-0.4, -0.2) is 10.1 Å². The molecule has 0 bridgehead atoms. The maximum Gasteiger partial charge on any atom is 0.0866 e. The number of aliphatic hydroxyl groups is 1. The monoisotopic (exact) mass is 353 g/mol. The minimum Gasteiger partial charge on any atom is -0.388 e. The molecule has 0 aliphatic heterocycles. The number of aliphatic hydroxyl groups excluding tert-OH is 1. The van der Waals surface area contributed by atoms with Crippen molar-refractivity contribution in [1.29, 1.82) is 0 Å². The molecule has 2 aromatic rings. The molecule has 3 heteroatoms. The fourth-order valence-electron chi connectivity index (χ4n) is 2.02. The maximum atomic E-state index is 10.5. The summed E-state index contributed by atoms with van der Waals surface area (Å²) in [7, 11) is 0. The predicted octanol–water partition coefficient (Wildman–Crippen LogP) is 3.83. The first-order valence-electron chi connectivity index (χ1n) is 5.94. The predicted molar refractivity (Wildman–Crippen MR) is 81.5 cm³/mol. The summed E-state index contributed by atoms with van der Waals surface area (Å²) < 4.78 is 1.14. The Balaban J connectivity index is 2.31. The van der Waals surface area contributed by atoms with Gasteiger partial charge in [-0.3, -0.25) is 4.98 Å². The van der Waals surface area contributed by atoms with Crippen LogP contribution < -0.4 is 0 Å². The van der Waals surface area contributed by atoms with E-state index in [1.165, 1.54) is 5.56 Å². The zero-order chi connectivity index (χ0) is 13.1. The lowest BCUT2D eigenvalue weighted by molar-refractivity contribution is 0.150. The molecule has 1 aromatic carbocycles. The van der Waals surface area contributed by atoms with Crippen LogP contribution in [-0.2, 0) is 0 Å². The van der Waals surface area contributed by atoms with E-state index >= 15 is 0 Å². The SMILES string of the molecule is Cc1cccc(C(O)C(C)c2ccncc2)c1I. The number of halogens is 1. The Labute approximate surface area is 121 Å². The van der Waals surface area contributed by atoms with Gasteiger partial charge in [-0.1, -0.05) is 25.1 Å². The van der Waals surface area contributed by atoms with Gasteiger partial charge in [0.25, 0.3) is 0 Å². The number of hydrogen-bond acceptors (Lipinski definition) is 2. The van der Waals surface area contributed by atoms with Crippen molar-refractivity contribution in [3.63, 3.8) is 0 Å². The first kappa shape index (κ1) is 13.5. The Morgan fingerprint density at radius 1 is 1.17 bits per heavy atom. The van der Waals surface area contributed by atoms with Crippen molar-refractivity contribution in [2.75, 3.05) is 0 Å². The van der Waals surface area contributed by atoms with E-state index in [1.54, 1.807) is 12.4 Å². The van der Waals surface area contributed by atoms with Gasteiger partial charge >= 0.3 is 0 Å². The Hall–Kier alpha value is -0.940. The molecule has 94 valence electrons. The van der Waals surface area contributed by atoms with E-state index in [9.17, 15) is 5.11 Å². The molecule has 0 amide bonds. The van der Waals surface area contributed by atoms with Gasteiger partial charge in [-0.25, -0.2) is 0 Å². The Morgan fingerprint density at radius 2 is 1.83 bits per heavy atom. The summed E-state index contributed by atoms with van der Waals surface area (Å²) in [5.74, 6) is 0.0586. The van der Waals surface area contributed by atoms with E-state index in [4.69, 9.17) is 0 Å². The number of benzene rings is 1. The summed E-state index contributed by atoms with van der Waals surface area (Å²) >= 11 is 2.30. The van der Waals surface area contributed by atoms with E-state index < -0.39 is 6.10 Å². The summed E-state index contributed by atoms with van der Waals surface area (Å²) in [6.45, 7) is 4.10. The number of rotatable bonds is 3. The van der Waals surface area contributed by atoms with Gasteiger partial charge in [-0.15, -0.1) is 0 Å². The van der Waals surface area contributed by atoms with Crippen LogP contribution >= 0.6 is 22.6 Å². The highest BCUT2D eigenvalue weighted by atomic mass is 127. The average molecular weight is 353 g/mol. The van der Waals surface area contributed by atoms with Gasteiger partial charge in [0.2, 0.25) is 0 Å². The molecule has 2 rings (SSSR count). The minimum absolute atomic E-state index is 0.0586. The molecule has 0 aliphatic rings. The molecule has 0 spiro atoms. The van der Waals surface area contributed by atoms with Crippen LogP contribution in [0.5, 0.6) is 0 Å². The zero-order valence-corrected chi connectivity index (χ0v) is 12.6. The van der Waals surface area contributed by atoms with Crippen molar-refractivity contribution in [2.24, 2.45) is 0 Å². The van der Waals surface area contributed by atoms with Crippen molar-refractivity contribution in [1.82, 2.24) is 4.98 Å². The third-order valence-corrected chi connectivity index (χ3v) is 4.72. The Kier molecular flexibility index (Phi) is 4.35. The van der Waals surface area contributed by atoms with Crippen LogP contribution in [0.1, 0.15) is 35.6 Å². The molecular formula is C15H16INO. The van der Waals surface area contributed by atoms with Crippen LogP contribution in [0.25, 0.3) is 0 Å². The van der Waals surface area contributed by atoms with Gasteiger partial charge in [0.1, 0.15) is 0 Å². The smallest absolute Gasteiger partial charge is 0.0866 e. The lowest BCUT2D eigenvalue weighted by atomic mass is 9.91. The van der Waals surface area contributed by atoms with Crippen LogP contribution in [0.2, 0.25) is 0 Å². The third kappa shape index (κ3) is 2.72. The fraction of sp³-hybridized carbons (Fsp3) is 0.267. The number of aromatic nitrogens is 1. The summed E-state index contributed by atoms with van der Waals surface area (Å²) in [6.07, 6.45) is 3.04. The highest BCUT2D eigenvalue weighted by Gasteiger charge is 2.20. The van der Waals surface area contributed by atoms with Gasteiger partial charge in [0.15, 0.2) is 0 Å². The first-order chi connectivity index (χ1) is 8.61. The van der Waals surface area contributed by atoms with Gasteiger partial charge < -0.3 is 5.11 Å². The van der Waals surface area contributed by atoms with Crippen LogP contribution in [0, 0.1) is 10.5 Å². The average Bonchev–Trinajstić information content (AvgIpc) is 2.41. The molecule has 0 saturated carbocycles. The first-order valence-corrected chi connectivity index (χ1v) is 7.02. The summed E-state index contributed by atoms with van der Waals surface area (Å²) in [5, 5.41) is 10.5. The Morgan fingerprint density at radius 3 is 2.50 bits per heavy atom. The third-order valence-electron chi connectivity index (χ3n) is 3.25. The highest BCUT2D eigenvalue weighted by Crippen LogP contribution is 2.33. The van der Waals surface area contributed by atoms with Crippen molar-refractivity contribution < 1.29 is 5.11 Å². The number of hydrogen-bond donors (Lipinski definition) is 1. The van der Waals surface area contributed by atoms with Crippen molar-refractivity contribution in [3.8, 4) is 0 Å². The lowest BCUT2D eigenvalue weighted by Gasteiger charge is -2.21. The fourth-order valence-corrected chi connectivity index (χ4v) is 2.70. The Bertz CT molecular complexity index is 527. The zero-order valence-electron chi connectivity index (χ0n) is 10.5. The van der Waals surface area contributed by atoms with Crippen LogP contribution in [0.15, 0.2) is 42.7 Å². The number of aryl methyl sites for hydroxylation is 1. The van der Waals surface area contributed by atoms with Gasteiger partial charge in [-0.2, -0.15) is 0 Å². The largest absolute Gasteiger partial charge is 0.388 e. The second-order valence-corrected chi connectivity index (χ2v) is 5.57. The second-order valence-electron chi connectivity index (χ2n) is 4.49. The summed E-state index contributed by atoms with van der Waals surface area (Å²) in [4.78, 5) is 4.01. The summed E-state index contributed by atoms with van der Waals surface area (Å²) in [6, 6.07) is 9.97. The molecular weight excluding hydrogens is 337 g/mol. The van der Waals surface area contributed by atoms with Crippen molar-refractivity contribution in [2.45, 2.75) is 25.9 Å².